The average Bonchev–Trinajstić information content (AvgIpc) is 2.37. The lowest BCUT2D eigenvalue weighted by Gasteiger charge is -2.24. The highest BCUT2D eigenvalue weighted by Crippen LogP contribution is 2.23. The van der Waals surface area contributed by atoms with Crippen LogP contribution in [0.1, 0.15) is 32.4 Å². The lowest BCUT2D eigenvalue weighted by molar-refractivity contribution is -0.145. The highest BCUT2D eigenvalue weighted by molar-refractivity contribution is 6.31. The van der Waals surface area contributed by atoms with Gasteiger partial charge in [-0.15, -0.1) is 0 Å². The molecule has 3 unspecified atom stereocenters. The highest BCUT2D eigenvalue weighted by atomic mass is 35.5. The maximum absolute atomic E-state index is 11.4. The van der Waals surface area contributed by atoms with Crippen LogP contribution < -0.4 is 5.32 Å². The van der Waals surface area contributed by atoms with Gasteiger partial charge in [0.05, 0.1) is 13.0 Å². The Bertz CT molecular complexity index is 409. The lowest BCUT2D eigenvalue weighted by Crippen LogP contribution is -2.38. The Balaban J connectivity index is 2.68. The molecule has 1 aromatic carbocycles. The van der Waals surface area contributed by atoms with E-state index in [1.165, 1.54) is 7.11 Å². The van der Waals surface area contributed by atoms with Crippen LogP contribution in [0.5, 0.6) is 0 Å². The van der Waals surface area contributed by atoms with Crippen LogP contribution in [0.3, 0.4) is 0 Å². The average molecular weight is 270 g/mol. The zero-order valence-electron chi connectivity index (χ0n) is 11.2. The van der Waals surface area contributed by atoms with E-state index in [1.807, 2.05) is 45.0 Å². The summed E-state index contributed by atoms with van der Waals surface area (Å²) < 4.78 is 4.74. The van der Waals surface area contributed by atoms with Crippen LogP contribution in [-0.4, -0.2) is 19.1 Å². The van der Waals surface area contributed by atoms with Crippen molar-refractivity contribution in [3.05, 3.63) is 34.9 Å². The van der Waals surface area contributed by atoms with Gasteiger partial charge in [-0.3, -0.25) is 4.79 Å². The molecule has 0 saturated heterocycles. The van der Waals surface area contributed by atoms with Gasteiger partial charge in [-0.1, -0.05) is 36.7 Å². The lowest BCUT2D eigenvalue weighted by atomic mass is 10.0. The minimum Gasteiger partial charge on any atom is -0.469 e. The molecule has 0 spiro atoms. The van der Waals surface area contributed by atoms with E-state index < -0.39 is 0 Å². The number of carbonyl (C=O) groups excluding carboxylic acids is 1. The van der Waals surface area contributed by atoms with E-state index in [2.05, 4.69) is 5.32 Å². The first-order chi connectivity index (χ1) is 8.47. The number of halogens is 1. The van der Waals surface area contributed by atoms with Gasteiger partial charge >= 0.3 is 5.97 Å². The van der Waals surface area contributed by atoms with Crippen molar-refractivity contribution in [3.63, 3.8) is 0 Å². The van der Waals surface area contributed by atoms with E-state index in [1.54, 1.807) is 0 Å². The predicted molar refractivity (Wildman–Crippen MR) is 73.6 cm³/mol. The van der Waals surface area contributed by atoms with Crippen molar-refractivity contribution < 1.29 is 9.53 Å². The van der Waals surface area contributed by atoms with E-state index in [9.17, 15) is 4.79 Å². The molecule has 0 aliphatic carbocycles. The van der Waals surface area contributed by atoms with E-state index in [4.69, 9.17) is 16.3 Å². The summed E-state index contributed by atoms with van der Waals surface area (Å²) in [5, 5.41) is 4.10. The maximum atomic E-state index is 11.4. The van der Waals surface area contributed by atoms with Crippen molar-refractivity contribution in [2.75, 3.05) is 7.11 Å². The van der Waals surface area contributed by atoms with Crippen LogP contribution in [-0.2, 0) is 9.53 Å². The fraction of sp³-hybridized carbons (Fsp3) is 0.500. The molecule has 1 aromatic rings. The summed E-state index contributed by atoms with van der Waals surface area (Å²) in [5.74, 6) is -0.402. The number of ether oxygens (including phenoxy) is 1. The number of carbonyl (C=O) groups is 1. The van der Waals surface area contributed by atoms with Gasteiger partial charge in [0.1, 0.15) is 0 Å². The Hall–Kier alpha value is -1.06. The van der Waals surface area contributed by atoms with E-state index >= 15 is 0 Å². The summed E-state index contributed by atoms with van der Waals surface area (Å²) in [6, 6.07) is 7.80. The van der Waals surface area contributed by atoms with Crippen molar-refractivity contribution in [2.45, 2.75) is 32.9 Å². The van der Waals surface area contributed by atoms with Gasteiger partial charge in [0.25, 0.3) is 0 Å². The van der Waals surface area contributed by atoms with Gasteiger partial charge in [0.2, 0.25) is 0 Å². The number of hydrogen-bond acceptors (Lipinski definition) is 3. The van der Waals surface area contributed by atoms with Crippen LogP contribution in [0.25, 0.3) is 0 Å². The highest BCUT2D eigenvalue weighted by Gasteiger charge is 2.22. The summed E-state index contributed by atoms with van der Waals surface area (Å²) >= 11 is 6.14. The normalized spacial score (nSPS) is 15.8. The molecular weight excluding hydrogens is 250 g/mol. The van der Waals surface area contributed by atoms with Gasteiger partial charge in [0.15, 0.2) is 0 Å². The zero-order chi connectivity index (χ0) is 13.7. The number of hydrogen-bond donors (Lipinski definition) is 1. The Morgan fingerprint density at radius 3 is 2.44 bits per heavy atom. The molecule has 0 heterocycles. The fourth-order valence-corrected chi connectivity index (χ4v) is 2.14. The summed E-state index contributed by atoms with van der Waals surface area (Å²) in [7, 11) is 1.41. The molecule has 100 valence electrons. The summed E-state index contributed by atoms with van der Waals surface area (Å²) in [4.78, 5) is 11.4. The van der Waals surface area contributed by atoms with Gasteiger partial charge < -0.3 is 10.1 Å². The smallest absolute Gasteiger partial charge is 0.309 e. The third-order valence-electron chi connectivity index (χ3n) is 3.21. The maximum Gasteiger partial charge on any atom is 0.309 e. The summed E-state index contributed by atoms with van der Waals surface area (Å²) in [6.07, 6.45) is 0. The molecule has 0 radical (unpaired) electrons. The summed E-state index contributed by atoms with van der Waals surface area (Å²) in [5.41, 5.74) is 1.03. The molecular formula is C14H20ClNO2. The second kappa shape index (κ2) is 6.76. The Labute approximate surface area is 113 Å². The van der Waals surface area contributed by atoms with Crippen molar-refractivity contribution in [1.29, 1.82) is 0 Å². The van der Waals surface area contributed by atoms with Crippen LogP contribution in [0.15, 0.2) is 24.3 Å². The molecule has 4 heteroatoms. The SMILES string of the molecule is COC(=O)C(C)C(C)NC(C)c1ccccc1Cl. The first kappa shape index (κ1) is 15.0. The van der Waals surface area contributed by atoms with Gasteiger partial charge in [-0.25, -0.2) is 0 Å². The quantitative estimate of drug-likeness (QED) is 0.835. The molecule has 3 nitrogen and oxygen atoms in total. The van der Waals surface area contributed by atoms with Gasteiger partial charge in [-0.2, -0.15) is 0 Å². The molecule has 3 atom stereocenters. The molecule has 18 heavy (non-hydrogen) atoms. The van der Waals surface area contributed by atoms with Crippen molar-refractivity contribution >= 4 is 17.6 Å². The minimum absolute atomic E-state index is 0.0173. The van der Waals surface area contributed by atoms with Gasteiger partial charge in [-0.05, 0) is 25.5 Å². The van der Waals surface area contributed by atoms with Crippen LogP contribution >= 0.6 is 11.6 Å². The third-order valence-corrected chi connectivity index (χ3v) is 3.55. The van der Waals surface area contributed by atoms with E-state index in [-0.39, 0.29) is 24.0 Å². The number of methoxy groups -OCH3 is 1. The molecule has 0 amide bonds. The minimum atomic E-state index is -0.207. The second-order valence-corrected chi connectivity index (χ2v) is 4.92. The molecule has 0 aromatic heterocycles. The van der Waals surface area contributed by atoms with Crippen molar-refractivity contribution in [2.24, 2.45) is 5.92 Å². The Kier molecular flexibility index (Phi) is 5.63. The van der Waals surface area contributed by atoms with Crippen LogP contribution in [0.2, 0.25) is 5.02 Å². The molecule has 0 fully saturated rings. The predicted octanol–water partition coefficient (Wildman–Crippen LogP) is 3.19. The monoisotopic (exact) mass is 269 g/mol. The molecule has 0 bridgehead atoms. The Morgan fingerprint density at radius 2 is 1.89 bits per heavy atom. The molecule has 1 N–H and O–H groups in total. The molecule has 0 aliphatic rings. The number of nitrogens with one attached hydrogen (secondary N) is 1. The van der Waals surface area contributed by atoms with Crippen molar-refractivity contribution in [3.8, 4) is 0 Å². The first-order valence-corrected chi connectivity index (χ1v) is 6.43. The fourth-order valence-electron chi connectivity index (χ4n) is 1.84. The van der Waals surface area contributed by atoms with Crippen LogP contribution in [0.4, 0.5) is 0 Å². The number of benzene rings is 1. The topological polar surface area (TPSA) is 38.3 Å². The molecule has 0 aliphatic heterocycles. The molecule has 0 saturated carbocycles. The van der Waals surface area contributed by atoms with E-state index in [0.717, 1.165) is 10.6 Å². The summed E-state index contributed by atoms with van der Waals surface area (Å²) in [6.45, 7) is 5.85. The molecule has 1 rings (SSSR count). The Morgan fingerprint density at radius 1 is 1.28 bits per heavy atom. The standard InChI is InChI=1S/C14H20ClNO2/c1-9(14(17)18-4)10(2)16-11(3)12-7-5-6-8-13(12)15/h5-11,16H,1-4H3. The largest absolute Gasteiger partial charge is 0.469 e. The first-order valence-electron chi connectivity index (χ1n) is 6.05. The van der Waals surface area contributed by atoms with E-state index in [0.29, 0.717) is 0 Å². The van der Waals surface area contributed by atoms with Gasteiger partial charge in [0, 0.05) is 17.1 Å². The second-order valence-electron chi connectivity index (χ2n) is 4.51. The number of esters is 1. The number of rotatable bonds is 5. The van der Waals surface area contributed by atoms with Crippen molar-refractivity contribution in [1.82, 2.24) is 5.32 Å². The third kappa shape index (κ3) is 3.72. The zero-order valence-corrected chi connectivity index (χ0v) is 12.0. The van der Waals surface area contributed by atoms with Crippen LogP contribution in [0, 0.1) is 5.92 Å².